The molecular formula is C26H25ClN2O3. The summed E-state index contributed by atoms with van der Waals surface area (Å²) in [6.45, 7) is 7.82. The Morgan fingerprint density at radius 3 is 2.38 bits per heavy atom. The van der Waals surface area contributed by atoms with Gasteiger partial charge in [-0.1, -0.05) is 29.8 Å². The third kappa shape index (κ3) is 4.94. The molecular weight excluding hydrogens is 424 g/mol. The normalized spacial score (nSPS) is 11.0. The Hall–Kier alpha value is -3.31. The minimum absolute atomic E-state index is 0.0794. The Morgan fingerprint density at radius 2 is 1.69 bits per heavy atom. The lowest BCUT2D eigenvalue weighted by Gasteiger charge is -2.10. The summed E-state index contributed by atoms with van der Waals surface area (Å²) >= 11 is 6.17. The summed E-state index contributed by atoms with van der Waals surface area (Å²) < 4.78 is 11.6. The van der Waals surface area contributed by atoms with Gasteiger partial charge in [-0.25, -0.2) is 4.98 Å². The van der Waals surface area contributed by atoms with E-state index in [9.17, 15) is 4.79 Å². The zero-order valence-corrected chi connectivity index (χ0v) is 19.3. The van der Waals surface area contributed by atoms with Gasteiger partial charge < -0.3 is 14.5 Å². The molecule has 164 valence electrons. The van der Waals surface area contributed by atoms with Crippen molar-refractivity contribution in [2.24, 2.45) is 0 Å². The van der Waals surface area contributed by atoms with Gasteiger partial charge in [-0.2, -0.15) is 0 Å². The van der Waals surface area contributed by atoms with E-state index in [-0.39, 0.29) is 12.5 Å². The molecule has 0 unspecified atom stereocenters. The predicted octanol–water partition coefficient (Wildman–Crippen LogP) is 6.32. The van der Waals surface area contributed by atoms with Crippen molar-refractivity contribution >= 4 is 34.3 Å². The van der Waals surface area contributed by atoms with E-state index in [1.807, 2.05) is 63.2 Å². The molecule has 0 saturated heterocycles. The van der Waals surface area contributed by atoms with E-state index in [4.69, 9.17) is 20.8 Å². The minimum atomic E-state index is -0.229. The average Bonchev–Trinajstić information content (AvgIpc) is 3.14. The molecule has 4 aromatic rings. The van der Waals surface area contributed by atoms with Crippen molar-refractivity contribution in [3.05, 3.63) is 87.3 Å². The summed E-state index contributed by atoms with van der Waals surface area (Å²) in [7, 11) is 0. The van der Waals surface area contributed by atoms with Gasteiger partial charge in [-0.05, 0) is 85.8 Å². The van der Waals surface area contributed by atoms with Crippen LogP contribution in [0.25, 0.3) is 11.1 Å². The topological polar surface area (TPSA) is 64.4 Å². The number of fused-ring (bicyclic) bond motifs is 1. The van der Waals surface area contributed by atoms with E-state index in [2.05, 4.69) is 23.3 Å². The number of oxazole rings is 1. The highest BCUT2D eigenvalue weighted by Crippen LogP contribution is 2.26. The fourth-order valence-corrected chi connectivity index (χ4v) is 3.82. The van der Waals surface area contributed by atoms with Crippen molar-refractivity contribution in [2.45, 2.75) is 34.1 Å². The third-order valence-electron chi connectivity index (χ3n) is 5.24. The maximum absolute atomic E-state index is 12.3. The second-order valence-corrected chi connectivity index (χ2v) is 8.50. The number of aromatic nitrogens is 1. The van der Waals surface area contributed by atoms with E-state index in [1.54, 1.807) is 0 Å². The number of aryl methyl sites for hydroxylation is 4. The Bertz CT molecular complexity index is 1270. The van der Waals surface area contributed by atoms with Crippen LogP contribution >= 0.6 is 11.6 Å². The molecule has 32 heavy (non-hydrogen) atoms. The smallest absolute Gasteiger partial charge is 0.262 e. The summed E-state index contributed by atoms with van der Waals surface area (Å²) in [5, 5.41) is 3.56. The number of benzene rings is 3. The SMILES string of the molecule is Cc1cc(C)c2oc(Cc3ccc(NC(=O)COc4cc(C)c(Cl)c(C)c4)cc3)nc2c1. The molecule has 3 aromatic carbocycles. The van der Waals surface area contributed by atoms with E-state index in [0.29, 0.717) is 28.8 Å². The largest absolute Gasteiger partial charge is 0.484 e. The molecule has 6 heteroatoms. The van der Waals surface area contributed by atoms with Crippen LogP contribution in [0.3, 0.4) is 0 Å². The van der Waals surface area contributed by atoms with Crippen LogP contribution in [0.1, 0.15) is 33.7 Å². The number of anilines is 1. The summed E-state index contributed by atoms with van der Waals surface area (Å²) in [5.74, 6) is 1.07. The van der Waals surface area contributed by atoms with Crippen molar-refractivity contribution in [3.8, 4) is 5.75 Å². The molecule has 0 aliphatic rings. The van der Waals surface area contributed by atoms with Gasteiger partial charge in [0.1, 0.15) is 11.3 Å². The number of carbonyl (C=O) groups excluding carboxylic acids is 1. The van der Waals surface area contributed by atoms with Crippen molar-refractivity contribution < 1.29 is 13.9 Å². The van der Waals surface area contributed by atoms with Crippen LogP contribution in [0.5, 0.6) is 5.75 Å². The Kier molecular flexibility index (Phi) is 6.19. The van der Waals surface area contributed by atoms with Gasteiger partial charge in [0.25, 0.3) is 5.91 Å². The fourth-order valence-electron chi connectivity index (χ4n) is 3.71. The molecule has 0 saturated carbocycles. The van der Waals surface area contributed by atoms with Crippen LogP contribution in [-0.4, -0.2) is 17.5 Å². The number of amides is 1. The molecule has 0 radical (unpaired) electrons. The Labute approximate surface area is 192 Å². The molecule has 0 bridgehead atoms. The van der Waals surface area contributed by atoms with E-state index >= 15 is 0 Å². The molecule has 0 fully saturated rings. The number of hydrogen-bond donors (Lipinski definition) is 1. The second kappa shape index (κ2) is 9.05. The summed E-state index contributed by atoms with van der Waals surface area (Å²) in [6.07, 6.45) is 0.583. The molecule has 4 rings (SSSR count). The highest BCUT2D eigenvalue weighted by atomic mass is 35.5. The molecule has 0 atom stereocenters. The van der Waals surface area contributed by atoms with Crippen molar-refractivity contribution in [1.29, 1.82) is 0 Å². The van der Waals surface area contributed by atoms with Gasteiger partial charge in [0.15, 0.2) is 18.1 Å². The first-order valence-electron chi connectivity index (χ1n) is 10.4. The van der Waals surface area contributed by atoms with E-state index < -0.39 is 0 Å². The van der Waals surface area contributed by atoms with Crippen LogP contribution in [0.2, 0.25) is 5.02 Å². The molecule has 0 aliphatic carbocycles. The summed E-state index contributed by atoms with van der Waals surface area (Å²) in [4.78, 5) is 16.9. The fraction of sp³-hybridized carbons (Fsp3) is 0.231. The van der Waals surface area contributed by atoms with Crippen LogP contribution in [0.4, 0.5) is 5.69 Å². The van der Waals surface area contributed by atoms with Gasteiger partial charge in [0.05, 0.1) is 0 Å². The van der Waals surface area contributed by atoms with E-state index in [1.165, 1.54) is 5.56 Å². The zero-order chi connectivity index (χ0) is 22.8. The van der Waals surface area contributed by atoms with Crippen LogP contribution in [-0.2, 0) is 11.2 Å². The zero-order valence-electron chi connectivity index (χ0n) is 18.6. The molecule has 1 aromatic heterocycles. The lowest BCUT2D eigenvalue weighted by atomic mass is 10.1. The van der Waals surface area contributed by atoms with Gasteiger partial charge in [0.2, 0.25) is 0 Å². The standard InChI is InChI=1S/C26H25ClN2O3/c1-15-9-18(4)26-22(10-15)29-24(32-26)13-19-5-7-20(8-6-19)28-23(30)14-31-21-11-16(2)25(27)17(3)12-21/h5-12H,13-14H2,1-4H3,(H,28,30). The molecule has 0 spiro atoms. The minimum Gasteiger partial charge on any atom is -0.484 e. The lowest BCUT2D eigenvalue weighted by molar-refractivity contribution is -0.118. The Morgan fingerprint density at radius 1 is 1.00 bits per heavy atom. The maximum atomic E-state index is 12.3. The number of nitrogens with one attached hydrogen (secondary N) is 1. The highest BCUT2D eigenvalue weighted by molar-refractivity contribution is 6.32. The molecule has 5 nitrogen and oxygen atoms in total. The number of carbonyl (C=O) groups is 1. The van der Waals surface area contributed by atoms with Crippen molar-refractivity contribution in [2.75, 3.05) is 11.9 Å². The third-order valence-corrected chi connectivity index (χ3v) is 5.83. The molecule has 1 heterocycles. The van der Waals surface area contributed by atoms with Crippen LogP contribution in [0, 0.1) is 27.7 Å². The highest BCUT2D eigenvalue weighted by Gasteiger charge is 2.11. The monoisotopic (exact) mass is 448 g/mol. The first-order chi connectivity index (χ1) is 15.3. The summed E-state index contributed by atoms with van der Waals surface area (Å²) in [5.41, 5.74) is 7.56. The Balaban J connectivity index is 1.35. The van der Waals surface area contributed by atoms with Gasteiger partial charge in [0, 0.05) is 17.1 Å². The number of ether oxygens (including phenoxy) is 1. The first-order valence-corrected chi connectivity index (χ1v) is 10.8. The van der Waals surface area contributed by atoms with E-state index in [0.717, 1.165) is 33.4 Å². The average molecular weight is 449 g/mol. The molecule has 1 amide bonds. The van der Waals surface area contributed by atoms with Gasteiger partial charge in [-0.3, -0.25) is 4.79 Å². The molecule has 0 aliphatic heterocycles. The summed E-state index contributed by atoms with van der Waals surface area (Å²) in [6, 6.07) is 15.4. The first kappa shape index (κ1) is 21.9. The predicted molar refractivity (Wildman–Crippen MR) is 128 cm³/mol. The second-order valence-electron chi connectivity index (χ2n) is 8.12. The number of nitrogens with zero attached hydrogens (tertiary/aromatic N) is 1. The number of rotatable bonds is 6. The van der Waals surface area contributed by atoms with Gasteiger partial charge in [-0.15, -0.1) is 0 Å². The van der Waals surface area contributed by atoms with Crippen LogP contribution < -0.4 is 10.1 Å². The number of halogens is 1. The van der Waals surface area contributed by atoms with Crippen molar-refractivity contribution in [3.63, 3.8) is 0 Å². The quantitative estimate of drug-likeness (QED) is 0.374. The van der Waals surface area contributed by atoms with Crippen LogP contribution in [0.15, 0.2) is 52.9 Å². The maximum Gasteiger partial charge on any atom is 0.262 e. The number of hydrogen-bond acceptors (Lipinski definition) is 4. The lowest BCUT2D eigenvalue weighted by Crippen LogP contribution is -2.20. The van der Waals surface area contributed by atoms with Crippen molar-refractivity contribution in [1.82, 2.24) is 4.98 Å². The molecule has 1 N–H and O–H groups in total. The van der Waals surface area contributed by atoms with Gasteiger partial charge >= 0.3 is 0 Å².